The van der Waals surface area contributed by atoms with Crippen LogP contribution < -0.4 is 19.1 Å². The molecule has 0 fully saturated rings. The summed E-state index contributed by atoms with van der Waals surface area (Å²) in [6.45, 7) is 5.58. The summed E-state index contributed by atoms with van der Waals surface area (Å²) in [7, 11) is -2.70. The van der Waals surface area contributed by atoms with E-state index in [0.29, 0.717) is 23.1 Å². The molecule has 0 radical (unpaired) electrons. The van der Waals surface area contributed by atoms with Gasteiger partial charge in [-0.1, -0.05) is 42.8 Å². The fourth-order valence-corrected chi connectivity index (χ4v) is 5.64. The van der Waals surface area contributed by atoms with Crippen molar-refractivity contribution in [3.8, 4) is 11.5 Å². The molecule has 0 heterocycles. The van der Waals surface area contributed by atoms with Gasteiger partial charge in [0, 0.05) is 18.1 Å². The predicted molar refractivity (Wildman–Crippen MR) is 160 cm³/mol. The topological polar surface area (TPSA) is 105 Å². The first-order valence-corrected chi connectivity index (χ1v) is 15.1. The molecule has 0 aliphatic carbocycles. The van der Waals surface area contributed by atoms with Gasteiger partial charge in [-0.05, 0) is 74.4 Å². The van der Waals surface area contributed by atoms with Crippen molar-refractivity contribution in [1.82, 2.24) is 10.2 Å². The van der Waals surface area contributed by atoms with Gasteiger partial charge in [0.25, 0.3) is 10.0 Å². The van der Waals surface area contributed by atoms with E-state index in [1.807, 2.05) is 6.92 Å². The van der Waals surface area contributed by atoms with E-state index in [1.54, 1.807) is 69.5 Å². The van der Waals surface area contributed by atoms with Crippen LogP contribution in [0.3, 0.4) is 0 Å². The highest BCUT2D eigenvalue weighted by Crippen LogP contribution is 2.33. The van der Waals surface area contributed by atoms with Crippen molar-refractivity contribution in [1.29, 1.82) is 0 Å². The minimum absolute atomic E-state index is 0.0450. The fraction of sp³-hybridized carbons (Fsp3) is 0.333. The first-order chi connectivity index (χ1) is 19.6. The summed E-state index contributed by atoms with van der Waals surface area (Å²) < 4.78 is 40.0. The van der Waals surface area contributed by atoms with Crippen LogP contribution in [0.25, 0.3) is 0 Å². The van der Waals surface area contributed by atoms with Crippen molar-refractivity contribution < 1.29 is 27.5 Å². The Balaban J connectivity index is 2.06. The van der Waals surface area contributed by atoms with E-state index < -0.39 is 28.5 Å². The molecule has 3 rings (SSSR count). The van der Waals surface area contributed by atoms with Gasteiger partial charge in [0.05, 0.1) is 24.3 Å². The number of sulfonamides is 1. The third-order valence-corrected chi connectivity index (χ3v) is 8.37. The van der Waals surface area contributed by atoms with Gasteiger partial charge >= 0.3 is 0 Å². The summed E-state index contributed by atoms with van der Waals surface area (Å²) in [6.07, 6.45) is 0.728. The summed E-state index contributed by atoms with van der Waals surface area (Å²) >= 11 is 6.01. The molecule has 0 bridgehead atoms. The SMILES string of the molecule is CCCNC(=O)[C@H](C)N(Cc1ccc(OC)cc1)C(=O)CN(c1ccccc1OCC)S(=O)(=O)c1ccc(Cl)cc1. The Morgan fingerprint density at radius 1 is 0.976 bits per heavy atom. The first-order valence-electron chi connectivity index (χ1n) is 13.3. The average Bonchev–Trinajstić information content (AvgIpc) is 2.98. The van der Waals surface area contributed by atoms with Crippen molar-refractivity contribution >= 4 is 39.1 Å². The average molecular weight is 602 g/mol. The molecule has 3 aromatic carbocycles. The molecule has 0 saturated carbocycles. The normalized spacial score (nSPS) is 11.8. The molecule has 220 valence electrons. The Labute approximate surface area is 247 Å². The second kappa shape index (κ2) is 14.7. The highest BCUT2D eigenvalue weighted by atomic mass is 35.5. The van der Waals surface area contributed by atoms with Crippen molar-refractivity contribution in [3.05, 3.63) is 83.4 Å². The Kier molecular flexibility index (Phi) is 11.4. The maximum absolute atomic E-state index is 14.0. The molecular weight excluding hydrogens is 566 g/mol. The quantitative estimate of drug-likeness (QED) is 0.282. The van der Waals surface area contributed by atoms with Crippen molar-refractivity contribution in [2.75, 3.05) is 31.1 Å². The lowest BCUT2D eigenvalue weighted by Gasteiger charge is -2.32. The lowest BCUT2D eigenvalue weighted by molar-refractivity contribution is -0.139. The van der Waals surface area contributed by atoms with Gasteiger partial charge < -0.3 is 19.7 Å². The predicted octanol–water partition coefficient (Wildman–Crippen LogP) is 4.89. The number of ether oxygens (including phenoxy) is 2. The van der Waals surface area contributed by atoms with Crippen LogP contribution in [0.4, 0.5) is 5.69 Å². The highest BCUT2D eigenvalue weighted by molar-refractivity contribution is 7.92. The van der Waals surface area contributed by atoms with Crippen LogP contribution in [-0.2, 0) is 26.2 Å². The zero-order valence-corrected chi connectivity index (χ0v) is 25.2. The van der Waals surface area contributed by atoms with E-state index in [1.165, 1.54) is 29.2 Å². The molecule has 9 nitrogen and oxygen atoms in total. The minimum atomic E-state index is -4.25. The number of benzene rings is 3. The van der Waals surface area contributed by atoms with E-state index in [9.17, 15) is 18.0 Å². The monoisotopic (exact) mass is 601 g/mol. The molecule has 0 aromatic heterocycles. The number of amides is 2. The molecule has 1 atom stereocenters. The molecule has 0 aliphatic rings. The van der Waals surface area contributed by atoms with E-state index in [4.69, 9.17) is 21.1 Å². The van der Waals surface area contributed by atoms with E-state index in [0.717, 1.165) is 16.3 Å². The van der Waals surface area contributed by atoms with Crippen LogP contribution in [0.15, 0.2) is 77.7 Å². The number of nitrogens with zero attached hydrogens (tertiary/aromatic N) is 2. The summed E-state index contributed by atoms with van der Waals surface area (Å²) in [5.74, 6) is 0.0447. The molecule has 1 N–H and O–H groups in total. The highest BCUT2D eigenvalue weighted by Gasteiger charge is 2.33. The Hall–Kier alpha value is -3.76. The maximum Gasteiger partial charge on any atom is 0.264 e. The number of carbonyl (C=O) groups excluding carboxylic acids is 2. The van der Waals surface area contributed by atoms with Crippen LogP contribution in [-0.4, -0.2) is 58.0 Å². The molecule has 0 saturated heterocycles. The van der Waals surface area contributed by atoms with Crippen LogP contribution in [0.5, 0.6) is 11.5 Å². The number of anilines is 1. The largest absolute Gasteiger partial charge is 0.497 e. The summed E-state index contributed by atoms with van der Waals surface area (Å²) in [5, 5.41) is 3.20. The smallest absolute Gasteiger partial charge is 0.264 e. The molecule has 2 amide bonds. The fourth-order valence-electron chi connectivity index (χ4n) is 4.09. The molecule has 11 heteroatoms. The lowest BCUT2D eigenvalue weighted by Crippen LogP contribution is -2.51. The number of halogens is 1. The summed E-state index contributed by atoms with van der Waals surface area (Å²) in [4.78, 5) is 28.4. The van der Waals surface area contributed by atoms with Gasteiger partial charge in [0.1, 0.15) is 24.1 Å². The molecule has 0 spiro atoms. The number of hydrogen-bond acceptors (Lipinski definition) is 6. The zero-order valence-electron chi connectivity index (χ0n) is 23.7. The first kappa shape index (κ1) is 31.8. The number of para-hydroxylation sites is 2. The van der Waals surface area contributed by atoms with Crippen LogP contribution in [0, 0.1) is 0 Å². The Bertz CT molecular complexity index is 1410. The summed E-state index contributed by atoms with van der Waals surface area (Å²) in [6, 6.07) is 18.6. The van der Waals surface area contributed by atoms with Gasteiger partial charge in [-0.15, -0.1) is 0 Å². The number of carbonyl (C=O) groups is 2. The molecule has 0 unspecified atom stereocenters. The zero-order chi connectivity index (χ0) is 30.0. The molecule has 3 aromatic rings. The minimum Gasteiger partial charge on any atom is -0.497 e. The second-order valence-corrected chi connectivity index (χ2v) is 11.5. The molecular formula is C30H36ClN3O6S. The van der Waals surface area contributed by atoms with Crippen LogP contribution in [0.2, 0.25) is 5.02 Å². The Morgan fingerprint density at radius 3 is 2.24 bits per heavy atom. The lowest BCUT2D eigenvalue weighted by atomic mass is 10.1. The van der Waals surface area contributed by atoms with Crippen LogP contribution in [0.1, 0.15) is 32.8 Å². The standard InChI is InChI=1S/C30H36ClN3O6S/c1-5-19-32-30(36)22(3)33(20-23-11-15-25(39-4)16-12-23)29(35)21-34(27-9-7-8-10-28(27)40-6-2)41(37,38)26-17-13-24(31)14-18-26/h7-18,22H,5-6,19-21H2,1-4H3,(H,32,36)/t22-/m0/s1. The number of methoxy groups -OCH3 is 1. The maximum atomic E-state index is 14.0. The number of rotatable bonds is 14. The third kappa shape index (κ3) is 8.14. The van der Waals surface area contributed by atoms with Gasteiger partial charge in [-0.2, -0.15) is 0 Å². The Morgan fingerprint density at radius 2 is 1.63 bits per heavy atom. The van der Waals surface area contributed by atoms with Crippen LogP contribution >= 0.6 is 11.6 Å². The molecule has 0 aliphatic heterocycles. The van der Waals surface area contributed by atoms with Gasteiger partial charge in [0.2, 0.25) is 11.8 Å². The second-order valence-electron chi connectivity index (χ2n) is 9.20. The van der Waals surface area contributed by atoms with Gasteiger partial charge in [0.15, 0.2) is 0 Å². The number of nitrogens with one attached hydrogen (secondary N) is 1. The van der Waals surface area contributed by atoms with E-state index in [2.05, 4.69) is 5.32 Å². The number of hydrogen-bond donors (Lipinski definition) is 1. The summed E-state index contributed by atoms with van der Waals surface area (Å²) in [5.41, 5.74) is 0.946. The molecule has 41 heavy (non-hydrogen) atoms. The van der Waals surface area contributed by atoms with Crippen molar-refractivity contribution in [2.45, 2.75) is 44.7 Å². The van der Waals surface area contributed by atoms with Crippen molar-refractivity contribution in [2.24, 2.45) is 0 Å². The van der Waals surface area contributed by atoms with E-state index in [-0.39, 0.29) is 29.6 Å². The van der Waals surface area contributed by atoms with E-state index >= 15 is 0 Å². The van der Waals surface area contributed by atoms with Crippen molar-refractivity contribution in [3.63, 3.8) is 0 Å². The van der Waals surface area contributed by atoms with Gasteiger partial charge in [-0.3, -0.25) is 13.9 Å². The van der Waals surface area contributed by atoms with Gasteiger partial charge in [-0.25, -0.2) is 8.42 Å². The third-order valence-electron chi connectivity index (χ3n) is 6.34.